The van der Waals surface area contributed by atoms with Crippen LogP contribution in [0.25, 0.3) is 10.9 Å². The van der Waals surface area contributed by atoms with E-state index in [1.165, 1.54) is 24.4 Å². The number of aromatic nitrogens is 2. The van der Waals surface area contributed by atoms with E-state index >= 15 is 0 Å². The number of aromatic carboxylic acids is 1. The van der Waals surface area contributed by atoms with Crippen LogP contribution in [0.5, 0.6) is 5.75 Å². The van der Waals surface area contributed by atoms with Gasteiger partial charge in [0, 0.05) is 27.0 Å². The van der Waals surface area contributed by atoms with Gasteiger partial charge in [-0.1, -0.05) is 53.5 Å². The predicted molar refractivity (Wildman–Crippen MR) is 147 cm³/mol. The molecular weight excluding hydrogens is 580 g/mol. The summed E-state index contributed by atoms with van der Waals surface area (Å²) >= 11 is 9.52. The van der Waals surface area contributed by atoms with Gasteiger partial charge in [-0.25, -0.2) is 9.78 Å². The molecular formula is C26H20BrClN4O6. The van der Waals surface area contributed by atoms with Crippen LogP contribution in [0, 0.1) is 10.1 Å². The summed E-state index contributed by atoms with van der Waals surface area (Å²) < 4.78 is 7.66. The van der Waals surface area contributed by atoms with E-state index in [0.717, 1.165) is 10.7 Å². The first-order chi connectivity index (χ1) is 18.0. The average molecular weight is 600 g/mol. The third-order valence-corrected chi connectivity index (χ3v) is 6.22. The van der Waals surface area contributed by atoms with Gasteiger partial charge in [0.25, 0.3) is 5.56 Å². The molecule has 194 valence electrons. The van der Waals surface area contributed by atoms with Gasteiger partial charge < -0.3 is 9.84 Å². The highest BCUT2D eigenvalue weighted by molar-refractivity contribution is 9.10. The van der Waals surface area contributed by atoms with Gasteiger partial charge in [0.05, 0.1) is 27.6 Å². The van der Waals surface area contributed by atoms with Gasteiger partial charge in [0.15, 0.2) is 0 Å². The lowest BCUT2D eigenvalue weighted by molar-refractivity contribution is -0.385. The Bertz CT molecular complexity index is 1650. The number of fused-ring (bicyclic) bond motifs is 1. The maximum absolute atomic E-state index is 13.3. The van der Waals surface area contributed by atoms with Crippen LogP contribution in [0.2, 0.25) is 5.02 Å². The number of carboxylic acid groups (broad SMARTS) is 1. The quantitative estimate of drug-likeness (QED) is 0.149. The van der Waals surface area contributed by atoms with Crippen molar-refractivity contribution in [3.63, 3.8) is 0 Å². The molecule has 1 aromatic heterocycles. The SMILES string of the molecule is CC(C)c1nc2ccc(Br)cc2c(=O)n1N=Cc1cc(Cl)cc([N+](=O)[O-])c1OCc1ccc(C(=O)O)cc1. The zero-order valence-corrected chi connectivity index (χ0v) is 22.4. The van der Waals surface area contributed by atoms with Crippen LogP contribution in [0.3, 0.4) is 0 Å². The Morgan fingerprint density at radius 1 is 1.24 bits per heavy atom. The van der Waals surface area contributed by atoms with E-state index in [2.05, 4.69) is 26.0 Å². The zero-order chi connectivity index (χ0) is 27.6. The number of carbonyl (C=O) groups is 1. The van der Waals surface area contributed by atoms with Crippen molar-refractivity contribution in [2.24, 2.45) is 5.10 Å². The molecule has 0 aliphatic rings. The van der Waals surface area contributed by atoms with E-state index in [0.29, 0.717) is 26.8 Å². The number of hydrogen-bond donors (Lipinski definition) is 1. The third kappa shape index (κ3) is 5.74. The van der Waals surface area contributed by atoms with Crippen LogP contribution in [-0.2, 0) is 6.61 Å². The van der Waals surface area contributed by atoms with E-state index in [-0.39, 0.29) is 34.4 Å². The molecule has 0 bridgehead atoms. The van der Waals surface area contributed by atoms with Crippen LogP contribution in [-0.4, -0.2) is 31.9 Å². The molecule has 1 heterocycles. The second kappa shape index (κ2) is 11.1. The first kappa shape index (κ1) is 27.0. The number of ether oxygens (including phenoxy) is 1. The Morgan fingerprint density at radius 3 is 2.58 bits per heavy atom. The Kier molecular flexibility index (Phi) is 7.88. The fourth-order valence-corrected chi connectivity index (χ4v) is 4.24. The molecule has 0 aliphatic carbocycles. The first-order valence-electron chi connectivity index (χ1n) is 11.2. The summed E-state index contributed by atoms with van der Waals surface area (Å²) in [7, 11) is 0. The summed E-state index contributed by atoms with van der Waals surface area (Å²) in [6, 6.07) is 13.7. The predicted octanol–water partition coefficient (Wildman–Crippen LogP) is 6.00. The van der Waals surface area contributed by atoms with Crippen molar-refractivity contribution in [3.8, 4) is 5.75 Å². The molecule has 0 fully saturated rings. The molecule has 38 heavy (non-hydrogen) atoms. The lowest BCUT2D eigenvalue weighted by Gasteiger charge is -2.13. The Morgan fingerprint density at radius 2 is 1.95 bits per heavy atom. The molecule has 0 unspecified atom stereocenters. The Hall–Kier alpha value is -4.09. The van der Waals surface area contributed by atoms with E-state index in [1.807, 2.05) is 13.8 Å². The fraction of sp³-hybridized carbons (Fsp3) is 0.154. The lowest BCUT2D eigenvalue weighted by Crippen LogP contribution is -2.23. The van der Waals surface area contributed by atoms with Gasteiger partial charge in [0.2, 0.25) is 5.75 Å². The minimum Gasteiger partial charge on any atom is -0.481 e. The summed E-state index contributed by atoms with van der Waals surface area (Å²) in [6.07, 6.45) is 1.26. The summed E-state index contributed by atoms with van der Waals surface area (Å²) in [4.78, 5) is 40.2. The van der Waals surface area contributed by atoms with Crippen molar-refractivity contribution >= 4 is 56.3 Å². The van der Waals surface area contributed by atoms with Crippen molar-refractivity contribution in [2.45, 2.75) is 26.4 Å². The molecule has 12 heteroatoms. The average Bonchev–Trinajstić information content (AvgIpc) is 2.87. The highest BCUT2D eigenvalue weighted by Gasteiger charge is 2.21. The summed E-state index contributed by atoms with van der Waals surface area (Å²) in [5, 5.41) is 25.6. The van der Waals surface area contributed by atoms with Crippen LogP contribution in [0.15, 0.2) is 69.0 Å². The van der Waals surface area contributed by atoms with Crippen molar-refractivity contribution in [2.75, 3.05) is 0 Å². The summed E-state index contributed by atoms with van der Waals surface area (Å²) in [6.45, 7) is 3.64. The molecule has 0 aliphatic heterocycles. The summed E-state index contributed by atoms with van der Waals surface area (Å²) in [5.41, 5.74) is 0.574. The molecule has 0 amide bonds. The van der Waals surface area contributed by atoms with Gasteiger partial charge in [-0.2, -0.15) is 9.78 Å². The zero-order valence-electron chi connectivity index (χ0n) is 20.1. The lowest BCUT2D eigenvalue weighted by atomic mass is 10.1. The van der Waals surface area contributed by atoms with Crippen LogP contribution < -0.4 is 10.3 Å². The fourth-order valence-electron chi connectivity index (χ4n) is 3.66. The molecule has 1 N–H and O–H groups in total. The van der Waals surface area contributed by atoms with Gasteiger partial charge in [-0.3, -0.25) is 14.9 Å². The number of rotatable bonds is 8. The molecule has 10 nitrogen and oxygen atoms in total. The maximum Gasteiger partial charge on any atom is 0.335 e. The van der Waals surface area contributed by atoms with Gasteiger partial charge >= 0.3 is 11.7 Å². The second-order valence-electron chi connectivity index (χ2n) is 8.54. The Labute approximate surface area is 229 Å². The van der Waals surface area contributed by atoms with Gasteiger partial charge in [0.1, 0.15) is 12.4 Å². The molecule has 0 atom stereocenters. The maximum atomic E-state index is 13.3. The largest absolute Gasteiger partial charge is 0.481 e. The van der Waals surface area contributed by atoms with Crippen LogP contribution in [0.1, 0.15) is 47.1 Å². The van der Waals surface area contributed by atoms with Crippen molar-refractivity contribution in [1.82, 2.24) is 9.66 Å². The van der Waals surface area contributed by atoms with E-state index in [1.54, 1.807) is 30.3 Å². The number of nitro groups is 1. The second-order valence-corrected chi connectivity index (χ2v) is 9.89. The van der Waals surface area contributed by atoms with E-state index < -0.39 is 22.1 Å². The number of carboxylic acids is 1. The topological polar surface area (TPSA) is 137 Å². The highest BCUT2D eigenvalue weighted by atomic mass is 79.9. The normalized spacial score (nSPS) is 11.4. The standard InChI is InChI=1S/C26H20BrClN4O6/c1-14(2)24-30-21-8-7-18(27)10-20(21)25(33)31(24)29-12-17-9-19(28)11-22(32(36)37)23(17)38-13-15-3-5-16(6-4-15)26(34)35/h3-12,14H,13H2,1-2H3,(H,34,35). The Balaban J connectivity index is 1.79. The van der Waals surface area contributed by atoms with E-state index in [4.69, 9.17) is 21.4 Å². The molecule has 0 saturated carbocycles. The number of nitro benzene ring substituents is 1. The molecule has 3 aromatic carbocycles. The minimum atomic E-state index is -1.07. The molecule has 4 rings (SSSR count). The third-order valence-electron chi connectivity index (χ3n) is 5.51. The number of hydrogen-bond acceptors (Lipinski definition) is 7. The highest BCUT2D eigenvalue weighted by Crippen LogP contribution is 2.34. The molecule has 0 spiro atoms. The van der Waals surface area contributed by atoms with Crippen molar-refractivity contribution in [1.29, 1.82) is 0 Å². The van der Waals surface area contributed by atoms with E-state index in [9.17, 15) is 19.7 Å². The smallest absolute Gasteiger partial charge is 0.335 e. The van der Waals surface area contributed by atoms with Crippen LogP contribution >= 0.6 is 27.5 Å². The molecule has 0 saturated heterocycles. The van der Waals surface area contributed by atoms with Crippen molar-refractivity contribution in [3.05, 3.63) is 107 Å². The van der Waals surface area contributed by atoms with Gasteiger partial charge in [-0.15, -0.1) is 0 Å². The van der Waals surface area contributed by atoms with Crippen LogP contribution in [0.4, 0.5) is 5.69 Å². The first-order valence-corrected chi connectivity index (χ1v) is 12.4. The van der Waals surface area contributed by atoms with Gasteiger partial charge in [-0.05, 0) is 42.0 Å². The summed E-state index contributed by atoms with van der Waals surface area (Å²) in [5.74, 6) is -0.943. The number of halogens is 2. The minimum absolute atomic E-state index is 0.0771. The molecule has 4 aromatic rings. The monoisotopic (exact) mass is 598 g/mol. The number of nitrogens with zero attached hydrogens (tertiary/aromatic N) is 4. The number of benzene rings is 3. The van der Waals surface area contributed by atoms with Crippen molar-refractivity contribution < 1.29 is 19.6 Å². The molecule has 0 radical (unpaired) electrons.